The van der Waals surface area contributed by atoms with Gasteiger partial charge < -0.3 is 14.3 Å². The lowest BCUT2D eigenvalue weighted by molar-refractivity contribution is -0.150. The minimum absolute atomic E-state index is 0.172. The number of ketones is 1. The van der Waals surface area contributed by atoms with Crippen molar-refractivity contribution in [2.75, 3.05) is 7.11 Å². The van der Waals surface area contributed by atoms with Gasteiger partial charge in [-0.1, -0.05) is 90.4 Å². The predicted molar refractivity (Wildman–Crippen MR) is 155 cm³/mol. The quantitative estimate of drug-likeness (QED) is 0.0605. The van der Waals surface area contributed by atoms with E-state index in [1.54, 1.807) is 6.92 Å². The number of hydrogen-bond acceptors (Lipinski definition) is 7. The zero-order chi connectivity index (χ0) is 29.4. The van der Waals surface area contributed by atoms with Crippen LogP contribution >= 0.6 is 0 Å². The van der Waals surface area contributed by atoms with Crippen LogP contribution in [0.4, 0.5) is 0 Å². The smallest absolute Gasteiger partial charge is 0.306 e. The predicted octanol–water partition coefficient (Wildman–Crippen LogP) is 7.52. The van der Waals surface area contributed by atoms with E-state index in [1.165, 1.54) is 26.4 Å². The van der Waals surface area contributed by atoms with Crippen molar-refractivity contribution < 1.29 is 36.8 Å². The first-order valence-electron chi connectivity index (χ1n) is 15.3. The van der Waals surface area contributed by atoms with Crippen LogP contribution in [-0.4, -0.2) is 49.2 Å². The van der Waals surface area contributed by atoms with Crippen LogP contribution in [0.2, 0.25) is 0 Å². The number of carbonyl (C=O) groups excluding carboxylic acids is 3. The maximum atomic E-state index is 12.6. The molecule has 0 bridgehead atoms. The SMILES string of the molecule is CCCCCCCCCC(=O)OC(CCCCCCCC(=O)OC)C(CCCCCCCC(C)=O)S(=O)(=O)O. The molecule has 0 aromatic carbocycles. The molecule has 0 fully saturated rings. The highest BCUT2D eigenvalue weighted by Crippen LogP contribution is 2.23. The van der Waals surface area contributed by atoms with Gasteiger partial charge in [0.1, 0.15) is 17.1 Å². The van der Waals surface area contributed by atoms with Gasteiger partial charge >= 0.3 is 11.9 Å². The topological polar surface area (TPSA) is 124 Å². The second-order valence-electron chi connectivity index (χ2n) is 10.8. The molecule has 0 heterocycles. The molecule has 230 valence electrons. The van der Waals surface area contributed by atoms with Crippen molar-refractivity contribution in [3.05, 3.63) is 0 Å². The maximum Gasteiger partial charge on any atom is 0.306 e. The zero-order valence-corrected chi connectivity index (χ0v) is 25.7. The Bertz CT molecular complexity index is 750. The first kappa shape index (κ1) is 37.5. The van der Waals surface area contributed by atoms with Crippen LogP contribution in [0.1, 0.15) is 155 Å². The Morgan fingerprint density at radius 2 is 1.08 bits per heavy atom. The van der Waals surface area contributed by atoms with E-state index in [4.69, 9.17) is 4.74 Å². The molecule has 0 saturated carbocycles. The minimum atomic E-state index is -4.39. The Morgan fingerprint density at radius 1 is 0.641 bits per heavy atom. The second kappa shape index (κ2) is 24.3. The minimum Gasteiger partial charge on any atom is -0.469 e. The lowest BCUT2D eigenvalue weighted by Crippen LogP contribution is -2.37. The summed E-state index contributed by atoms with van der Waals surface area (Å²) < 4.78 is 45.0. The summed E-state index contributed by atoms with van der Waals surface area (Å²) >= 11 is 0. The number of esters is 2. The zero-order valence-electron chi connectivity index (χ0n) is 24.9. The molecule has 1 N–H and O–H groups in total. The summed E-state index contributed by atoms with van der Waals surface area (Å²) in [6.45, 7) is 3.75. The van der Waals surface area contributed by atoms with Crippen molar-refractivity contribution in [1.82, 2.24) is 0 Å². The Labute approximate surface area is 238 Å². The fraction of sp³-hybridized carbons (Fsp3) is 0.900. The lowest BCUT2D eigenvalue weighted by Gasteiger charge is -2.25. The molecule has 8 nitrogen and oxygen atoms in total. The average Bonchev–Trinajstić information content (AvgIpc) is 2.87. The van der Waals surface area contributed by atoms with Crippen LogP contribution in [0.5, 0.6) is 0 Å². The van der Waals surface area contributed by atoms with Gasteiger partial charge in [0.05, 0.1) is 7.11 Å². The number of ether oxygens (including phenoxy) is 2. The summed E-state index contributed by atoms with van der Waals surface area (Å²) in [5, 5.41) is -1.13. The third-order valence-electron chi connectivity index (χ3n) is 7.18. The highest BCUT2D eigenvalue weighted by molar-refractivity contribution is 7.86. The summed E-state index contributed by atoms with van der Waals surface area (Å²) in [6, 6.07) is 0. The van der Waals surface area contributed by atoms with E-state index in [1.807, 2.05) is 0 Å². The number of Topliss-reactive ketones (excluding diaryl/α,β-unsaturated/α-hetero) is 1. The van der Waals surface area contributed by atoms with Crippen LogP contribution in [-0.2, 0) is 34.0 Å². The van der Waals surface area contributed by atoms with Crippen molar-refractivity contribution in [2.45, 2.75) is 166 Å². The summed E-state index contributed by atoms with van der Waals surface area (Å²) in [7, 11) is -3.02. The van der Waals surface area contributed by atoms with Crippen molar-refractivity contribution in [1.29, 1.82) is 0 Å². The Morgan fingerprint density at radius 3 is 1.56 bits per heavy atom. The van der Waals surface area contributed by atoms with Crippen LogP contribution in [0.25, 0.3) is 0 Å². The number of unbranched alkanes of at least 4 members (excludes halogenated alkanes) is 14. The monoisotopic (exact) mass is 576 g/mol. The van der Waals surface area contributed by atoms with E-state index in [2.05, 4.69) is 11.7 Å². The van der Waals surface area contributed by atoms with E-state index in [-0.39, 0.29) is 24.6 Å². The molecule has 39 heavy (non-hydrogen) atoms. The first-order chi connectivity index (χ1) is 18.6. The average molecular weight is 577 g/mol. The molecule has 0 aliphatic rings. The largest absolute Gasteiger partial charge is 0.469 e. The lowest BCUT2D eigenvalue weighted by atomic mass is 10.0. The molecule has 0 aliphatic heterocycles. The highest BCUT2D eigenvalue weighted by atomic mass is 32.2. The van der Waals surface area contributed by atoms with E-state index < -0.39 is 27.4 Å². The van der Waals surface area contributed by atoms with Gasteiger partial charge in [0.15, 0.2) is 0 Å². The Hall–Kier alpha value is -1.48. The molecule has 0 rings (SSSR count). The van der Waals surface area contributed by atoms with Crippen molar-refractivity contribution in [3.63, 3.8) is 0 Å². The van der Waals surface area contributed by atoms with Crippen molar-refractivity contribution in [2.24, 2.45) is 0 Å². The Balaban J connectivity index is 4.83. The molecule has 0 amide bonds. The van der Waals surface area contributed by atoms with E-state index in [0.717, 1.165) is 70.6 Å². The van der Waals surface area contributed by atoms with Gasteiger partial charge in [-0.15, -0.1) is 0 Å². The number of rotatable bonds is 27. The highest BCUT2D eigenvalue weighted by Gasteiger charge is 2.34. The molecule has 0 aliphatic carbocycles. The van der Waals surface area contributed by atoms with Gasteiger partial charge in [0.25, 0.3) is 10.1 Å². The summed E-state index contributed by atoms with van der Waals surface area (Å²) in [4.78, 5) is 34.9. The molecule has 0 spiro atoms. The van der Waals surface area contributed by atoms with Gasteiger partial charge in [-0.3, -0.25) is 14.1 Å². The molecule has 2 atom stereocenters. The number of hydrogen-bond donors (Lipinski definition) is 1. The molecule has 9 heteroatoms. The molecule has 0 saturated heterocycles. The normalized spacial score (nSPS) is 13.1. The fourth-order valence-electron chi connectivity index (χ4n) is 4.80. The molecule has 0 aromatic heterocycles. The van der Waals surface area contributed by atoms with Crippen LogP contribution in [0.3, 0.4) is 0 Å². The third kappa shape index (κ3) is 23.0. The Kier molecular flexibility index (Phi) is 23.4. The summed E-state index contributed by atoms with van der Waals surface area (Å²) in [5.41, 5.74) is 0. The molecule has 0 radical (unpaired) electrons. The molecule has 2 unspecified atom stereocenters. The standard InChI is InChI=1S/C30H56O8S/c1-4-5-6-7-8-14-20-25-30(33)38-27(22-17-12-10-15-19-24-29(32)37-3)28(39(34,35)36)23-18-13-9-11-16-21-26(2)31/h27-28H,4-25H2,1-3H3,(H,34,35,36). The van der Waals surface area contributed by atoms with Crippen molar-refractivity contribution in [3.8, 4) is 0 Å². The third-order valence-corrected chi connectivity index (χ3v) is 8.48. The van der Waals surface area contributed by atoms with E-state index in [9.17, 15) is 27.4 Å². The van der Waals surface area contributed by atoms with Gasteiger partial charge in [0.2, 0.25) is 0 Å². The first-order valence-corrected chi connectivity index (χ1v) is 16.8. The molecular weight excluding hydrogens is 520 g/mol. The number of carbonyl (C=O) groups is 3. The van der Waals surface area contributed by atoms with Crippen LogP contribution in [0.15, 0.2) is 0 Å². The summed E-state index contributed by atoms with van der Waals surface area (Å²) in [6.07, 6.45) is 16.5. The van der Waals surface area contributed by atoms with Crippen LogP contribution in [0, 0.1) is 0 Å². The van der Waals surface area contributed by atoms with Gasteiger partial charge in [0, 0.05) is 19.3 Å². The van der Waals surface area contributed by atoms with Crippen LogP contribution < -0.4 is 0 Å². The van der Waals surface area contributed by atoms with Gasteiger partial charge in [-0.2, -0.15) is 8.42 Å². The maximum absolute atomic E-state index is 12.6. The van der Waals surface area contributed by atoms with E-state index in [0.29, 0.717) is 38.5 Å². The molecular formula is C30H56O8S. The van der Waals surface area contributed by atoms with Crippen molar-refractivity contribution >= 4 is 27.8 Å². The molecule has 0 aromatic rings. The fourth-order valence-corrected chi connectivity index (χ4v) is 5.84. The summed E-state index contributed by atoms with van der Waals surface area (Å²) in [5.74, 6) is -0.451. The number of methoxy groups -OCH3 is 1. The van der Waals surface area contributed by atoms with Gasteiger partial charge in [-0.05, 0) is 45.4 Å². The van der Waals surface area contributed by atoms with E-state index >= 15 is 0 Å². The van der Waals surface area contributed by atoms with Gasteiger partial charge in [-0.25, -0.2) is 0 Å². The second-order valence-corrected chi connectivity index (χ2v) is 12.5.